The van der Waals surface area contributed by atoms with E-state index in [0.29, 0.717) is 44.6 Å². The molecule has 0 atom stereocenters. The summed E-state index contributed by atoms with van der Waals surface area (Å²) < 4.78 is 7.12. The van der Waals surface area contributed by atoms with Gasteiger partial charge in [-0.25, -0.2) is 4.98 Å². The molecule has 0 saturated heterocycles. The van der Waals surface area contributed by atoms with Crippen LogP contribution in [-0.4, -0.2) is 21.6 Å². The van der Waals surface area contributed by atoms with E-state index < -0.39 is 4.92 Å². The standard InChI is InChI=1S/C29H20ClN5O4/c1-39-27-18-22(33-32-21-11-14-23(15-12-21)35(37)38)13-16-26(27)34-28(17-8-19-6-9-20(30)10-7-19)31-25-5-3-2-4-24(25)29(34)36/h2-18H,1H3/b17-8+,33-32?. The lowest BCUT2D eigenvalue weighted by molar-refractivity contribution is -0.384. The Hall–Kier alpha value is -5.15. The van der Waals surface area contributed by atoms with E-state index in [1.165, 1.54) is 35.9 Å². The van der Waals surface area contributed by atoms with E-state index in [-0.39, 0.29) is 11.2 Å². The van der Waals surface area contributed by atoms with Crippen LogP contribution < -0.4 is 10.3 Å². The summed E-state index contributed by atoms with van der Waals surface area (Å²) in [6.07, 6.45) is 3.61. The highest BCUT2D eigenvalue weighted by Crippen LogP contribution is 2.30. The first-order valence-corrected chi connectivity index (χ1v) is 12.1. The zero-order valence-electron chi connectivity index (χ0n) is 20.6. The Morgan fingerprint density at radius 2 is 1.62 bits per heavy atom. The number of rotatable bonds is 7. The zero-order chi connectivity index (χ0) is 27.4. The molecule has 0 aliphatic carbocycles. The van der Waals surface area contributed by atoms with Gasteiger partial charge in [-0.15, -0.1) is 0 Å². The number of nitro groups is 1. The minimum absolute atomic E-state index is 0.0321. The first-order chi connectivity index (χ1) is 18.9. The second kappa shape index (κ2) is 11.1. The molecule has 5 rings (SSSR count). The molecule has 0 radical (unpaired) electrons. The van der Waals surface area contributed by atoms with E-state index in [9.17, 15) is 14.9 Å². The quantitative estimate of drug-likeness (QED) is 0.121. The largest absolute Gasteiger partial charge is 0.494 e. The Labute approximate surface area is 227 Å². The molecule has 0 fully saturated rings. The van der Waals surface area contributed by atoms with Crippen molar-refractivity contribution in [2.45, 2.75) is 0 Å². The SMILES string of the molecule is COc1cc(N=Nc2ccc([N+](=O)[O-])cc2)ccc1-n1c(/C=C/c2ccc(Cl)cc2)nc2ccccc2c1=O. The van der Waals surface area contributed by atoms with Crippen molar-refractivity contribution >= 4 is 51.7 Å². The molecule has 0 aliphatic rings. The molecule has 39 heavy (non-hydrogen) atoms. The fourth-order valence-corrected chi connectivity index (χ4v) is 4.03. The van der Waals surface area contributed by atoms with Crippen molar-refractivity contribution in [1.29, 1.82) is 0 Å². The lowest BCUT2D eigenvalue weighted by Gasteiger charge is -2.15. The Bertz CT molecular complexity index is 1800. The van der Waals surface area contributed by atoms with Gasteiger partial charge < -0.3 is 4.74 Å². The van der Waals surface area contributed by atoms with Gasteiger partial charge in [0.15, 0.2) is 0 Å². The van der Waals surface area contributed by atoms with Crippen molar-refractivity contribution in [1.82, 2.24) is 9.55 Å². The molecule has 0 unspecified atom stereocenters. The van der Waals surface area contributed by atoms with Crippen molar-refractivity contribution in [2.24, 2.45) is 10.2 Å². The van der Waals surface area contributed by atoms with Crippen LogP contribution in [0.15, 0.2) is 106 Å². The fourth-order valence-electron chi connectivity index (χ4n) is 3.91. The van der Waals surface area contributed by atoms with Crippen LogP contribution in [0, 0.1) is 10.1 Å². The minimum Gasteiger partial charge on any atom is -0.494 e. The number of ether oxygens (including phenoxy) is 1. The molecule has 10 heteroatoms. The smallest absolute Gasteiger partial charge is 0.269 e. The lowest BCUT2D eigenvalue weighted by Crippen LogP contribution is -2.22. The number of hydrogen-bond acceptors (Lipinski definition) is 7. The van der Waals surface area contributed by atoms with E-state index in [0.717, 1.165) is 5.56 Å². The molecule has 9 nitrogen and oxygen atoms in total. The van der Waals surface area contributed by atoms with Crippen LogP contribution in [0.5, 0.6) is 5.75 Å². The summed E-state index contributed by atoms with van der Waals surface area (Å²) in [7, 11) is 1.50. The van der Waals surface area contributed by atoms with E-state index in [4.69, 9.17) is 21.3 Å². The summed E-state index contributed by atoms with van der Waals surface area (Å²) in [5.41, 5.74) is 2.57. The minimum atomic E-state index is -0.479. The number of nitro benzene ring substituents is 1. The van der Waals surface area contributed by atoms with Gasteiger partial charge in [0.1, 0.15) is 11.6 Å². The van der Waals surface area contributed by atoms with Gasteiger partial charge in [0, 0.05) is 23.2 Å². The predicted octanol–water partition coefficient (Wildman–Crippen LogP) is 7.54. The van der Waals surface area contributed by atoms with Crippen LogP contribution in [0.3, 0.4) is 0 Å². The van der Waals surface area contributed by atoms with Crippen LogP contribution in [0.1, 0.15) is 11.4 Å². The summed E-state index contributed by atoms with van der Waals surface area (Å²) >= 11 is 6.01. The van der Waals surface area contributed by atoms with Crippen molar-refractivity contribution in [3.8, 4) is 11.4 Å². The Morgan fingerprint density at radius 1 is 0.923 bits per heavy atom. The summed E-state index contributed by atoms with van der Waals surface area (Å²) in [4.78, 5) is 28.8. The van der Waals surface area contributed by atoms with E-state index >= 15 is 0 Å². The summed E-state index contributed by atoms with van der Waals surface area (Å²) in [6, 6.07) is 25.2. The molecule has 0 bridgehead atoms. The molecular formula is C29H20ClN5O4. The first-order valence-electron chi connectivity index (χ1n) is 11.7. The number of azo groups is 1. The lowest BCUT2D eigenvalue weighted by atomic mass is 10.2. The second-order valence-corrected chi connectivity index (χ2v) is 8.78. The average molecular weight is 538 g/mol. The molecule has 1 heterocycles. The zero-order valence-corrected chi connectivity index (χ0v) is 21.3. The molecule has 1 aromatic heterocycles. The third kappa shape index (κ3) is 5.58. The number of aromatic nitrogens is 2. The number of non-ortho nitro benzene ring substituents is 1. The van der Waals surface area contributed by atoms with Gasteiger partial charge in [-0.1, -0.05) is 41.9 Å². The number of hydrogen-bond donors (Lipinski definition) is 0. The molecule has 0 spiro atoms. The van der Waals surface area contributed by atoms with Gasteiger partial charge in [-0.05, 0) is 60.2 Å². The van der Waals surface area contributed by atoms with Gasteiger partial charge >= 0.3 is 0 Å². The molecule has 192 valence electrons. The first kappa shape index (κ1) is 25.5. The number of para-hydroxylation sites is 1. The second-order valence-electron chi connectivity index (χ2n) is 8.34. The molecule has 0 amide bonds. The van der Waals surface area contributed by atoms with Crippen molar-refractivity contribution < 1.29 is 9.66 Å². The topological polar surface area (TPSA) is 112 Å². The normalized spacial score (nSPS) is 11.4. The Kier molecular flexibility index (Phi) is 7.24. The summed E-state index contributed by atoms with van der Waals surface area (Å²) in [5, 5.41) is 20.3. The van der Waals surface area contributed by atoms with Crippen LogP contribution in [0.25, 0.3) is 28.7 Å². The number of halogens is 1. The summed E-state index contributed by atoms with van der Waals surface area (Å²) in [5.74, 6) is 0.794. The molecule has 0 aliphatic heterocycles. The van der Waals surface area contributed by atoms with Crippen LogP contribution in [-0.2, 0) is 0 Å². The van der Waals surface area contributed by atoms with Gasteiger partial charge in [-0.2, -0.15) is 10.2 Å². The monoisotopic (exact) mass is 537 g/mol. The van der Waals surface area contributed by atoms with Gasteiger partial charge in [-0.3, -0.25) is 19.5 Å². The summed E-state index contributed by atoms with van der Waals surface area (Å²) in [6.45, 7) is 0. The highest BCUT2D eigenvalue weighted by atomic mass is 35.5. The van der Waals surface area contributed by atoms with Crippen LogP contribution in [0.4, 0.5) is 17.1 Å². The molecule has 0 N–H and O–H groups in total. The van der Waals surface area contributed by atoms with Crippen LogP contribution >= 0.6 is 11.6 Å². The molecule has 0 saturated carbocycles. The average Bonchev–Trinajstić information content (AvgIpc) is 2.96. The highest BCUT2D eigenvalue weighted by molar-refractivity contribution is 6.30. The fraction of sp³-hybridized carbons (Fsp3) is 0.0345. The van der Waals surface area contributed by atoms with E-state index in [1.54, 1.807) is 54.6 Å². The number of nitrogens with zero attached hydrogens (tertiary/aromatic N) is 5. The molecule has 4 aromatic carbocycles. The maximum absolute atomic E-state index is 13.7. The third-order valence-electron chi connectivity index (χ3n) is 5.84. The van der Waals surface area contributed by atoms with Crippen molar-refractivity contribution in [3.05, 3.63) is 128 Å². The number of fused-ring (bicyclic) bond motifs is 1. The van der Waals surface area contributed by atoms with Gasteiger partial charge in [0.25, 0.3) is 11.2 Å². The Morgan fingerprint density at radius 3 is 2.33 bits per heavy atom. The predicted molar refractivity (Wildman–Crippen MR) is 152 cm³/mol. The highest BCUT2D eigenvalue weighted by Gasteiger charge is 2.15. The maximum atomic E-state index is 13.7. The molecule has 5 aromatic rings. The third-order valence-corrected chi connectivity index (χ3v) is 6.09. The number of benzene rings is 4. The molecular weight excluding hydrogens is 518 g/mol. The van der Waals surface area contributed by atoms with Crippen molar-refractivity contribution in [2.75, 3.05) is 7.11 Å². The van der Waals surface area contributed by atoms with Crippen molar-refractivity contribution in [3.63, 3.8) is 0 Å². The van der Waals surface area contributed by atoms with Gasteiger partial charge in [0.2, 0.25) is 0 Å². The van der Waals surface area contributed by atoms with Crippen LogP contribution in [0.2, 0.25) is 5.02 Å². The number of methoxy groups -OCH3 is 1. The Balaban J connectivity index is 1.57. The maximum Gasteiger partial charge on any atom is 0.269 e. The van der Waals surface area contributed by atoms with E-state index in [2.05, 4.69) is 10.2 Å². The van der Waals surface area contributed by atoms with E-state index in [1.807, 2.05) is 24.3 Å². The van der Waals surface area contributed by atoms with Gasteiger partial charge in [0.05, 0.1) is 40.0 Å².